The van der Waals surface area contributed by atoms with Crippen molar-refractivity contribution < 1.29 is 18.3 Å². The third-order valence-corrected chi connectivity index (χ3v) is 4.64. The summed E-state index contributed by atoms with van der Waals surface area (Å²) in [6.45, 7) is 4.91. The lowest BCUT2D eigenvalue weighted by Gasteiger charge is -2.29. The second kappa shape index (κ2) is 7.45. The Hall–Kier alpha value is -2.41. The van der Waals surface area contributed by atoms with E-state index < -0.39 is 0 Å². The van der Waals surface area contributed by atoms with Crippen molar-refractivity contribution >= 4 is 5.91 Å². The topological polar surface area (TPSA) is 58.8 Å². The minimum absolute atomic E-state index is 0.0307. The Morgan fingerprint density at radius 1 is 1.50 bits per heavy atom. The van der Waals surface area contributed by atoms with E-state index in [0.717, 1.165) is 19.5 Å². The van der Waals surface area contributed by atoms with E-state index in [1.165, 1.54) is 18.4 Å². The molecule has 0 unspecified atom stereocenters. The van der Waals surface area contributed by atoms with Crippen LogP contribution in [0.4, 0.5) is 4.39 Å². The number of benzene rings is 1. The fraction of sp³-hybridized carbons (Fsp3) is 0.474. The van der Waals surface area contributed by atoms with E-state index in [1.54, 1.807) is 24.1 Å². The molecule has 0 aliphatic carbocycles. The molecule has 0 spiro atoms. The normalized spacial score (nSPS) is 20.3. The molecule has 2 heterocycles. The Bertz CT molecular complexity index is 779. The Kier molecular flexibility index (Phi) is 5.27. The lowest BCUT2D eigenvalue weighted by atomic mass is 9.89. The molecule has 6 nitrogen and oxygen atoms in total. The van der Waals surface area contributed by atoms with Gasteiger partial charge in [0.05, 0.1) is 0 Å². The Labute approximate surface area is 152 Å². The van der Waals surface area contributed by atoms with Crippen LogP contribution in [-0.2, 0) is 6.61 Å². The number of rotatable bonds is 6. The second-order valence-electron chi connectivity index (χ2n) is 7.33. The molecule has 0 N–H and O–H groups in total. The first-order chi connectivity index (χ1) is 12.3. The number of aromatic nitrogens is 1. The number of amides is 1. The van der Waals surface area contributed by atoms with E-state index in [2.05, 4.69) is 23.9 Å². The SMILES string of the molecule is CN1CC[C@](C)(CN(C)C(=O)c2coc(COc3cccc(F)c3)n2)C1. The third-order valence-electron chi connectivity index (χ3n) is 4.64. The number of hydrogen-bond acceptors (Lipinski definition) is 5. The first kappa shape index (κ1) is 18.4. The van der Waals surface area contributed by atoms with Crippen LogP contribution in [0.5, 0.6) is 5.75 Å². The van der Waals surface area contributed by atoms with Crippen molar-refractivity contribution in [3.8, 4) is 5.75 Å². The number of carbonyl (C=O) groups excluding carboxylic acids is 1. The maximum atomic E-state index is 13.1. The molecule has 1 amide bonds. The van der Waals surface area contributed by atoms with Crippen molar-refractivity contribution in [2.45, 2.75) is 20.0 Å². The Balaban J connectivity index is 1.57. The molecule has 0 radical (unpaired) electrons. The summed E-state index contributed by atoms with van der Waals surface area (Å²) >= 11 is 0. The van der Waals surface area contributed by atoms with Crippen LogP contribution in [0.1, 0.15) is 29.7 Å². The molecule has 1 atom stereocenters. The van der Waals surface area contributed by atoms with Gasteiger partial charge in [-0.05, 0) is 37.6 Å². The number of halogens is 1. The van der Waals surface area contributed by atoms with Crippen molar-refractivity contribution in [1.29, 1.82) is 0 Å². The summed E-state index contributed by atoms with van der Waals surface area (Å²) in [7, 11) is 3.87. The van der Waals surface area contributed by atoms with Gasteiger partial charge in [-0.25, -0.2) is 9.37 Å². The fourth-order valence-electron chi connectivity index (χ4n) is 3.42. The summed E-state index contributed by atoms with van der Waals surface area (Å²) in [4.78, 5) is 20.7. The molecule has 3 rings (SSSR count). The molecule has 1 saturated heterocycles. The monoisotopic (exact) mass is 361 g/mol. The molecule has 1 aliphatic rings. The van der Waals surface area contributed by atoms with E-state index in [4.69, 9.17) is 9.15 Å². The highest BCUT2D eigenvalue weighted by Crippen LogP contribution is 2.30. The third kappa shape index (κ3) is 4.40. The van der Waals surface area contributed by atoms with E-state index in [1.807, 2.05) is 0 Å². The van der Waals surface area contributed by atoms with E-state index in [0.29, 0.717) is 12.3 Å². The van der Waals surface area contributed by atoms with Crippen molar-refractivity contribution in [3.63, 3.8) is 0 Å². The molecular weight excluding hydrogens is 337 g/mol. The highest BCUT2D eigenvalue weighted by molar-refractivity contribution is 5.91. The van der Waals surface area contributed by atoms with Crippen molar-refractivity contribution in [3.05, 3.63) is 47.9 Å². The largest absolute Gasteiger partial charge is 0.484 e. The van der Waals surface area contributed by atoms with Crippen LogP contribution >= 0.6 is 0 Å². The maximum absolute atomic E-state index is 13.1. The number of carbonyl (C=O) groups is 1. The molecule has 7 heteroatoms. The van der Waals surface area contributed by atoms with Gasteiger partial charge in [0.15, 0.2) is 12.3 Å². The van der Waals surface area contributed by atoms with Gasteiger partial charge in [0, 0.05) is 26.2 Å². The zero-order valence-corrected chi connectivity index (χ0v) is 15.4. The first-order valence-corrected chi connectivity index (χ1v) is 8.61. The van der Waals surface area contributed by atoms with Crippen LogP contribution in [0, 0.1) is 11.2 Å². The van der Waals surface area contributed by atoms with Crippen LogP contribution in [0.25, 0.3) is 0 Å². The van der Waals surface area contributed by atoms with Crippen molar-refractivity contribution in [1.82, 2.24) is 14.8 Å². The predicted octanol–water partition coefficient (Wildman–Crippen LogP) is 2.81. The zero-order valence-electron chi connectivity index (χ0n) is 15.4. The fourth-order valence-corrected chi connectivity index (χ4v) is 3.42. The number of likely N-dealkylation sites (tertiary alicyclic amines) is 1. The van der Waals surface area contributed by atoms with E-state index in [9.17, 15) is 9.18 Å². The Morgan fingerprint density at radius 2 is 2.31 bits per heavy atom. The molecule has 140 valence electrons. The molecule has 0 saturated carbocycles. The number of hydrogen-bond donors (Lipinski definition) is 0. The minimum atomic E-state index is -0.376. The van der Waals surface area contributed by atoms with Crippen LogP contribution < -0.4 is 4.74 Å². The van der Waals surface area contributed by atoms with Gasteiger partial charge < -0.3 is 19.0 Å². The average Bonchev–Trinajstić information content (AvgIpc) is 3.19. The van der Waals surface area contributed by atoms with Crippen molar-refractivity contribution in [2.24, 2.45) is 5.41 Å². The quantitative estimate of drug-likeness (QED) is 0.792. The molecule has 1 aromatic heterocycles. The summed E-state index contributed by atoms with van der Waals surface area (Å²) in [6, 6.07) is 5.83. The van der Waals surface area contributed by atoms with Crippen LogP contribution in [-0.4, -0.2) is 54.4 Å². The Morgan fingerprint density at radius 3 is 3.00 bits per heavy atom. The minimum Gasteiger partial charge on any atom is -0.484 e. The van der Waals surface area contributed by atoms with Gasteiger partial charge in [0.1, 0.15) is 17.8 Å². The maximum Gasteiger partial charge on any atom is 0.275 e. The summed E-state index contributed by atoms with van der Waals surface area (Å²) in [5.41, 5.74) is 0.340. The van der Waals surface area contributed by atoms with Gasteiger partial charge in [-0.2, -0.15) is 0 Å². The standard InChI is InChI=1S/C19H24FN3O3/c1-19(7-8-22(2)12-19)13-23(3)18(24)16-10-26-17(21-16)11-25-15-6-4-5-14(20)9-15/h4-6,9-10H,7-8,11-13H2,1-3H3/t19-/m0/s1. The smallest absolute Gasteiger partial charge is 0.275 e. The molecule has 1 aromatic carbocycles. The van der Waals surface area contributed by atoms with Gasteiger partial charge in [0.2, 0.25) is 5.89 Å². The summed E-state index contributed by atoms with van der Waals surface area (Å²) in [5.74, 6) is 0.101. The molecule has 1 fully saturated rings. The lowest BCUT2D eigenvalue weighted by molar-refractivity contribution is 0.0724. The summed E-state index contributed by atoms with van der Waals surface area (Å²) in [6.07, 6.45) is 2.40. The lowest BCUT2D eigenvalue weighted by Crippen LogP contribution is -2.38. The van der Waals surface area contributed by atoms with Crippen LogP contribution in [0.15, 0.2) is 34.9 Å². The molecular formula is C19H24FN3O3. The molecule has 0 bridgehead atoms. The average molecular weight is 361 g/mol. The number of nitrogens with zero attached hydrogens (tertiary/aromatic N) is 3. The number of ether oxygens (including phenoxy) is 1. The highest BCUT2D eigenvalue weighted by Gasteiger charge is 2.34. The van der Waals surface area contributed by atoms with Gasteiger partial charge >= 0.3 is 0 Å². The molecule has 26 heavy (non-hydrogen) atoms. The van der Waals surface area contributed by atoms with Crippen molar-refractivity contribution in [2.75, 3.05) is 33.7 Å². The molecule has 2 aromatic rings. The molecule has 1 aliphatic heterocycles. The first-order valence-electron chi connectivity index (χ1n) is 8.61. The predicted molar refractivity (Wildman–Crippen MR) is 94.4 cm³/mol. The van der Waals surface area contributed by atoms with Gasteiger partial charge in [-0.1, -0.05) is 13.0 Å². The summed E-state index contributed by atoms with van der Waals surface area (Å²) < 4.78 is 23.9. The van der Waals surface area contributed by atoms with Crippen LogP contribution in [0.3, 0.4) is 0 Å². The summed E-state index contributed by atoms with van der Waals surface area (Å²) in [5, 5.41) is 0. The van der Waals surface area contributed by atoms with Gasteiger partial charge in [0.25, 0.3) is 5.91 Å². The second-order valence-corrected chi connectivity index (χ2v) is 7.33. The van der Waals surface area contributed by atoms with Gasteiger partial charge in [-0.15, -0.1) is 0 Å². The van der Waals surface area contributed by atoms with E-state index in [-0.39, 0.29) is 35.3 Å². The van der Waals surface area contributed by atoms with Gasteiger partial charge in [-0.3, -0.25) is 4.79 Å². The zero-order chi connectivity index (χ0) is 18.7. The van der Waals surface area contributed by atoms with Crippen LogP contribution in [0.2, 0.25) is 0 Å². The number of oxazole rings is 1. The highest BCUT2D eigenvalue weighted by atomic mass is 19.1. The van der Waals surface area contributed by atoms with E-state index >= 15 is 0 Å².